The summed E-state index contributed by atoms with van der Waals surface area (Å²) in [5.74, 6) is 1.39. The minimum atomic E-state index is -0.257. The fourth-order valence-electron chi connectivity index (χ4n) is 7.68. The highest BCUT2D eigenvalue weighted by Gasteiger charge is 2.60. The van der Waals surface area contributed by atoms with E-state index in [1.807, 2.05) is 0 Å². The molecule has 0 saturated heterocycles. The predicted molar refractivity (Wildman–Crippen MR) is 112 cm³/mol. The normalized spacial score (nSPS) is 44.9. The van der Waals surface area contributed by atoms with E-state index in [-0.39, 0.29) is 29.6 Å². The van der Waals surface area contributed by atoms with Gasteiger partial charge in [0, 0.05) is 32.1 Å². The number of esters is 2. The number of ether oxygens (including phenoxy) is 2. The summed E-state index contributed by atoms with van der Waals surface area (Å²) in [5.41, 5.74) is 3.18. The third kappa shape index (κ3) is 3.18. The summed E-state index contributed by atoms with van der Waals surface area (Å²) >= 11 is 0. The Bertz CT molecular complexity index is 765. The SMILES string of the molecule is C/C=C1/CC[C@H]2[C@@H]3CC=C4C[C@@H](OC(C)=O)C[C@H](OC(C)=O)[C@]4(C)[C@H]3CC[C@]12C. The minimum absolute atomic E-state index is 0.148. The van der Waals surface area contributed by atoms with Crippen LogP contribution in [0, 0.1) is 28.6 Å². The molecule has 0 unspecified atom stereocenters. The second-order valence-electron chi connectivity index (χ2n) is 10.2. The molecule has 0 heterocycles. The molecule has 0 aromatic rings. The van der Waals surface area contributed by atoms with E-state index >= 15 is 0 Å². The number of hydrogen-bond acceptors (Lipinski definition) is 4. The monoisotopic (exact) mass is 400 g/mol. The average molecular weight is 401 g/mol. The molecule has 0 amide bonds. The lowest BCUT2D eigenvalue weighted by molar-refractivity contribution is -0.170. The summed E-state index contributed by atoms with van der Waals surface area (Å²) in [6.45, 7) is 9.96. The van der Waals surface area contributed by atoms with Gasteiger partial charge in [-0.1, -0.05) is 37.1 Å². The topological polar surface area (TPSA) is 52.6 Å². The molecule has 0 N–H and O–H groups in total. The Morgan fingerprint density at radius 3 is 2.48 bits per heavy atom. The van der Waals surface area contributed by atoms with Crippen molar-refractivity contribution in [1.29, 1.82) is 0 Å². The number of fused-ring (bicyclic) bond motifs is 5. The lowest BCUT2D eigenvalue weighted by atomic mass is 9.47. The van der Waals surface area contributed by atoms with E-state index in [0.717, 1.165) is 12.8 Å². The number of allylic oxidation sites excluding steroid dienone is 3. The molecule has 3 saturated carbocycles. The lowest BCUT2D eigenvalue weighted by Gasteiger charge is -2.59. The summed E-state index contributed by atoms with van der Waals surface area (Å²) in [5, 5.41) is 0. The van der Waals surface area contributed by atoms with E-state index in [9.17, 15) is 9.59 Å². The third-order valence-electron chi connectivity index (χ3n) is 8.97. The van der Waals surface area contributed by atoms with Crippen molar-refractivity contribution in [3.8, 4) is 0 Å². The Hall–Kier alpha value is -1.58. The van der Waals surface area contributed by atoms with Gasteiger partial charge in [0.25, 0.3) is 0 Å². The average Bonchev–Trinajstić information content (AvgIpc) is 2.98. The zero-order valence-electron chi connectivity index (χ0n) is 18.6. The molecule has 7 atom stereocenters. The van der Waals surface area contributed by atoms with E-state index in [1.54, 1.807) is 5.57 Å². The van der Waals surface area contributed by atoms with Gasteiger partial charge in [-0.3, -0.25) is 9.59 Å². The molecule has 0 radical (unpaired) electrons. The van der Waals surface area contributed by atoms with Crippen LogP contribution in [0.15, 0.2) is 23.3 Å². The van der Waals surface area contributed by atoms with Gasteiger partial charge in [0.2, 0.25) is 0 Å². The van der Waals surface area contributed by atoms with Crippen LogP contribution in [0.4, 0.5) is 0 Å². The van der Waals surface area contributed by atoms with Crippen molar-refractivity contribution in [1.82, 2.24) is 0 Å². The van der Waals surface area contributed by atoms with Crippen LogP contribution in [0.5, 0.6) is 0 Å². The first kappa shape index (κ1) is 20.7. The van der Waals surface area contributed by atoms with E-state index < -0.39 is 0 Å². The molecule has 4 aliphatic rings. The van der Waals surface area contributed by atoms with Gasteiger partial charge in [-0.05, 0) is 62.2 Å². The van der Waals surface area contributed by atoms with Crippen LogP contribution in [0.25, 0.3) is 0 Å². The summed E-state index contributed by atoms with van der Waals surface area (Å²) < 4.78 is 11.5. The Labute approximate surface area is 175 Å². The lowest BCUT2D eigenvalue weighted by Crippen LogP contribution is -2.56. The van der Waals surface area contributed by atoms with Crippen molar-refractivity contribution in [2.24, 2.45) is 28.6 Å². The molecule has 4 rings (SSSR count). The fraction of sp³-hybridized carbons (Fsp3) is 0.760. The zero-order chi connectivity index (χ0) is 21.0. The molecule has 0 bridgehead atoms. The number of carbonyl (C=O) groups excluding carboxylic acids is 2. The van der Waals surface area contributed by atoms with Crippen molar-refractivity contribution in [2.75, 3.05) is 0 Å². The van der Waals surface area contributed by atoms with Gasteiger partial charge in [-0.2, -0.15) is 0 Å². The maximum atomic E-state index is 12.0. The summed E-state index contributed by atoms with van der Waals surface area (Å²) in [7, 11) is 0. The van der Waals surface area contributed by atoms with Crippen LogP contribution in [0.2, 0.25) is 0 Å². The maximum Gasteiger partial charge on any atom is 0.302 e. The van der Waals surface area contributed by atoms with Gasteiger partial charge in [0.05, 0.1) is 0 Å². The highest BCUT2D eigenvalue weighted by Crippen LogP contribution is 2.66. The molecule has 0 aromatic heterocycles. The van der Waals surface area contributed by atoms with Gasteiger partial charge in [-0.25, -0.2) is 0 Å². The summed E-state index contributed by atoms with van der Waals surface area (Å²) in [6, 6.07) is 0. The molecule has 160 valence electrons. The second-order valence-corrected chi connectivity index (χ2v) is 10.2. The molecule has 0 aliphatic heterocycles. The number of hydrogen-bond donors (Lipinski definition) is 0. The van der Waals surface area contributed by atoms with E-state index in [1.165, 1.54) is 45.1 Å². The fourth-order valence-corrected chi connectivity index (χ4v) is 7.68. The van der Waals surface area contributed by atoms with Gasteiger partial charge in [0.15, 0.2) is 0 Å². The third-order valence-corrected chi connectivity index (χ3v) is 8.97. The molecular formula is C25H36O4. The molecule has 0 aromatic carbocycles. The van der Waals surface area contributed by atoms with Crippen molar-refractivity contribution in [3.63, 3.8) is 0 Å². The minimum Gasteiger partial charge on any atom is -0.462 e. The Morgan fingerprint density at radius 2 is 1.83 bits per heavy atom. The van der Waals surface area contributed by atoms with Gasteiger partial charge in [-0.15, -0.1) is 0 Å². The van der Waals surface area contributed by atoms with Crippen molar-refractivity contribution in [2.45, 2.75) is 91.8 Å². The van der Waals surface area contributed by atoms with Crippen molar-refractivity contribution >= 4 is 11.9 Å². The van der Waals surface area contributed by atoms with Gasteiger partial charge >= 0.3 is 11.9 Å². The van der Waals surface area contributed by atoms with E-state index in [2.05, 4.69) is 32.9 Å². The second kappa shape index (κ2) is 7.28. The van der Waals surface area contributed by atoms with Crippen molar-refractivity contribution < 1.29 is 19.1 Å². The van der Waals surface area contributed by atoms with Crippen LogP contribution in [0.1, 0.15) is 79.6 Å². The predicted octanol–water partition coefficient (Wildman–Crippen LogP) is 5.37. The molecular weight excluding hydrogens is 364 g/mol. The van der Waals surface area contributed by atoms with Crippen LogP contribution in [-0.4, -0.2) is 24.1 Å². The van der Waals surface area contributed by atoms with Gasteiger partial charge in [0.1, 0.15) is 12.2 Å². The highest BCUT2D eigenvalue weighted by molar-refractivity contribution is 5.67. The molecule has 0 spiro atoms. The first-order valence-electron chi connectivity index (χ1n) is 11.4. The first-order chi connectivity index (χ1) is 13.7. The summed E-state index contributed by atoms with van der Waals surface area (Å²) in [6.07, 6.45) is 11.8. The quantitative estimate of drug-likeness (QED) is 0.462. The molecule has 29 heavy (non-hydrogen) atoms. The highest BCUT2D eigenvalue weighted by atomic mass is 16.6. The zero-order valence-corrected chi connectivity index (χ0v) is 18.6. The Morgan fingerprint density at radius 1 is 1.10 bits per heavy atom. The standard InChI is InChI=1S/C25H36O4/c1-6-17-8-10-21-20-9-7-18-13-19(28-15(2)26)14-23(29-16(3)27)25(18,5)22(20)11-12-24(17,21)4/h6-7,19-23H,8-14H2,1-5H3/b17-6-/t19-,20+,21+,22+,23+,24-,25+/m1/s1. The van der Waals surface area contributed by atoms with Crippen molar-refractivity contribution in [3.05, 3.63) is 23.3 Å². The first-order valence-corrected chi connectivity index (χ1v) is 11.4. The van der Waals surface area contributed by atoms with E-state index in [0.29, 0.717) is 29.6 Å². The maximum absolute atomic E-state index is 12.0. The van der Waals surface area contributed by atoms with Gasteiger partial charge < -0.3 is 9.47 Å². The Kier molecular flexibility index (Phi) is 5.19. The number of rotatable bonds is 2. The smallest absolute Gasteiger partial charge is 0.302 e. The van der Waals surface area contributed by atoms with Crippen LogP contribution in [0.3, 0.4) is 0 Å². The largest absolute Gasteiger partial charge is 0.462 e. The molecule has 4 heteroatoms. The van der Waals surface area contributed by atoms with Crippen LogP contribution in [-0.2, 0) is 19.1 Å². The molecule has 3 fully saturated rings. The molecule has 4 aliphatic carbocycles. The number of carbonyl (C=O) groups is 2. The Balaban J connectivity index is 1.69. The summed E-state index contributed by atoms with van der Waals surface area (Å²) in [4.78, 5) is 23.5. The van der Waals surface area contributed by atoms with Crippen LogP contribution >= 0.6 is 0 Å². The van der Waals surface area contributed by atoms with Crippen LogP contribution < -0.4 is 0 Å². The van der Waals surface area contributed by atoms with E-state index in [4.69, 9.17) is 9.47 Å². The molecule has 4 nitrogen and oxygen atoms in total.